The van der Waals surface area contributed by atoms with Gasteiger partial charge in [0.15, 0.2) is 0 Å². The SMILES string of the molecule is C#CCCCC(NCC)C(C)(C)N(CC)CC. The van der Waals surface area contributed by atoms with Crippen LogP contribution in [0, 0.1) is 12.3 Å². The third-order valence-electron chi connectivity index (χ3n) is 3.70. The van der Waals surface area contributed by atoms with Crippen molar-refractivity contribution in [2.24, 2.45) is 0 Å². The Morgan fingerprint density at radius 3 is 2.24 bits per heavy atom. The van der Waals surface area contributed by atoms with Crippen molar-refractivity contribution in [3.8, 4) is 12.3 Å². The molecule has 100 valence electrons. The molecule has 0 spiro atoms. The molecule has 0 saturated carbocycles. The zero-order chi connectivity index (χ0) is 13.3. The van der Waals surface area contributed by atoms with Gasteiger partial charge in [0.25, 0.3) is 0 Å². The van der Waals surface area contributed by atoms with Crippen molar-refractivity contribution >= 4 is 0 Å². The van der Waals surface area contributed by atoms with Gasteiger partial charge >= 0.3 is 0 Å². The number of terminal acetylenes is 1. The molecule has 0 bridgehead atoms. The van der Waals surface area contributed by atoms with E-state index >= 15 is 0 Å². The summed E-state index contributed by atoms with van der Waals surface area (Å²) < 4.78 is 0. The van der Waals surface area contributed by atoms with E-state index < -0.39 is 0 Å². The molecule has 0 amide bonds. The maximum Gasteiger partial charge on any atom is 0.0306 e. The summed E-state index contributed by atoms with van der Waals surface area (Å²) in [4.78, 5) is 2.52. The second-order valence-corrected chi connectivity index (χ2v) is 5.03. The van der Waals surface area contributed by atoms with Crippen LogP contribution in [0.4, 0.5) is 0 Å². The Kier molecular flexibility index (Phi) is 8.29. The van der Waals surface area contributed by atoms with E-state index in [9.17, 15) is 0 Å². The maximum absolute atomic E-state index is 5.33. The molecule has 2 nitrogen and oxygen atoms in total. The summed E-state index contributed by atoms with van der Waals surface area (Å²) in [6.45, 7) is 14.5. The number of unbranched alkanes of at least 4 members (excludes halogenated alkanes) is 1. The summed E-state index contributed by atoms with van der Waals surface area (Å²) in [7, 11) is 0. The molecule has 1 atom stereocenters. The maximum atomic E-state index is 5.33. The van der Waals surface area contributed by atoms with Crippen molar-refractivity contribution in [2.75, 3.05) is 19.6 Å². The van der Waals surface area contributed by atoms with E-state index in [4.69, 9.17) is 6.42 Å². The average molecular weight is 238 g/mol. The predicted octanol–water partition coefficient (Wildman–Crippen LogP) is 2.89. The van der Waals surface area contributed by atoms with Crippen molar-refractivity contribution in [3.63, 3.8) is 0 Å². The number of hydrogen-bond donors (Lipinski definition) is 1. The van der Waals surface area contributed by atoms with Crippen LogP contribution < -0.4 is 5.32 Å². The van der Waals surface area contributed by atoms with Crippen molar-refractivity contribution in [1.82, 2.24) is 10.2 Å². The van der Waals surface area contributed by atoms with Crippen molar-refractivity contribution in [3.05, 3.63) is 0 Å². The predicted molar refractivity (Wildman–Crippen MR) is 77.1 cm³/mol. The summed E-state index contributed by atoms with van der Waals surface area (Å²) in [6, 6.07) is 0.515. The lowest BCUT2D eigenvalue weighted by atomic mass is 9.88. The van der Waals surface area contributed by atoms with Gasteiger partial charge in [0.05, 0.1) is 0 Å². The van der Waals surface area contributed by atoms with Gasteiger partial charge in [0, 0.05) is 18.0 Å². The van der Waals surface area contributed by atoms with Gasteiger partial charge in [-0.1, -0.05) is 20.8 Å². The fourth-order valence-electron chi connectivity index (χ4n) is 2.62. The van der Waals surface area contributed by atoms with E-state index in [2.05, 4.69) is 50.8 Å². The van der Waals surface area contributed by atoms with E-state index in [0.29, 0.717) is 6.04 Å². The monoisotopic (exact) mass is 238 g/mol. The molecule has 0 saturated heterocycles. The fourth-order valence-corrected chi connectivity index (χ4v) is 2.62. The third-order valence-corrected chi connectivity index (χ3v) is 3.70. The Labute approximate surface area is 108 Å². The van der Waals surface area contributed by atoms with Gasteiger partial charge in [0.1, 0.15) is 0 Å². The quantitative estimate of drug-likeness (QED) is 0.491. The summed E-state index contributed by atoms with van der Waals surface area (Å²) in [6.07, 6.45) is 8.48. The van der Waals surface area contributed by atoms with E-state index in [1.54, 1.807) is 0 Å². The minimum absolute atomic E-state index is 0.189. The van der Waals surface area contributed by atoms with Crippen LogP contribution in [-0.4, -0.2) is 36.1 Å². The largest absolute Gasteiger partial charge is 0.312 e. The van der Waals surface area contributed by atoms with Gasteiger partial charge in [0.2, 0.25) is 0 Å². The first-order valence-electron chi connectivity index (χ1n) is 6.96. The second-order valence-electron chi connectivity index (χ2n) is 5.03. The molecule has 1 unspecified atom stereocenters. The molecule has 1 N–H and O–H groups in total. The zero-order valence-electron chi connectivity index (χ0n) is 12.3. The number of likely N-dealkylation sites (N-methyl/N-ethyl adjacent to an activating group) is 2. The van der Waals surface area contributed by atoms with Gasteiger partial charge < -0.3 is 5.32 Å². The van der Waals surface area contributed by atoms with Crippen LogP contribution in [0.15, 0.2) is 0 Å². The summed E-state index contributed by atoms with van der Waals surface area (Å²) >= 11 is 0. The molecular weight excluding hydrogens is 208 g/mol. The van der Waals surface area contributed by atoms with E-state index in [1.165, 1.54) is 0 Å². The fraction of sp³-hybridized carbons (Fsp3) is 0.867. The Morgan fingerprint density at radius 1 is 1.24 bits per heavy atom. The second kappa shape index (κ2) is 8.55. The van der Waals surface area contributed by atoms with Crippen molar-refractivity contribution < 1.29 is 0 Å². The highest BCUT2D eigenvalue weighted by molar-refractivity contribution is 4.94. The van der Waals surface area contributed by atoms with E-state index in [0.717, 1.165) is 38.9 Å². The van der Waals surface area contributed by atoms with Gasteiger partial charge in [-0.2, -0.15) is 0 Å². The van der Waals surface area contributed by atoms with Crippen LogP contribution in [0.3, 0.4) is 0 Å². The first kappa shape index (κ1) is 16.5. The van der Waals surface area contributed by atoms with Crippen LogP contribution in [0.5, 0.6) is 0 Å². The lowest BCUT2D eigenvalue weighted by Gasteiger charge is -2.44. The Bertz CT molecular complexity index is 224. The Morgan fingerprint density at radius 2 is 1.82 bits per heavy atom. The van der Waals surface area contributed by atoms with Crippen LogP contribution in [0.1, 0.15) is 53.9 Å². The molecule has 0 radical (unpaired) electrons. The van der Waals surface area contributed by atoms with Crippen LogP contribution in [0.25, 0.3) is 0 Å². The lowest BCUT2D eigenvalue weighted by molar-refractivity contribution is 0.0874. The summed E-state index contributed by atoms with van der Waals surface area (Å²) in [5.41, 5.74) is 0.189. The van der Waals surface area contributed by atoms with E-state index in [1.807, 2.05) is 0 Å². The molecule has 0 aromatic carbocycles. The smallest absolute Gasteiger partial charge is 0.0306 e. The highest BCUT2D eigenvalue weighted by atomic mass is 15.2. The molecule has 0 aliphatic carbocycles. The van der Waals surface area contributed by atoms with Gasteiger partial charge in [-0.25, -0.2) is 0 Å². The number of rotatable bonds is 9. The molecule has 0 aliphatic heterocycles. The minimum Gasteiger partial charge on any atom is -0.312 e. The number of nitrogens with one attached hydrogen (secondary N) is 1. The third kappa shape index (κ3) is 5.10. The van der Waals surface area contributed by atoms with E-state index in [-0.39, 0.29) is 5.54 Å². The topological polar surface area (TPSA) is 15.3 Å². The molecular formula is C15H30N2. The minimum atomic E-state index is 0.189. The van der Waals surface area contributed by atoms with Gasteiger partial charge in [-0.3, -0.25) is 4.90 Å². The number of hydrogen-bond acceptors (Lipinski definition) is 2. The molecule has 0 fully saturated rings. The summed E-state index contributed by atoms with van der Waals surface area (Å²) in [5, 5.41) is 3.62. The Balaban J connectivity index is 4.58. The van der Waals surface area contributed by atoms with Crippen molar-refractivity contribution in [1.29, 1.82) is 0 Å². The lowest BCUT2D eigenvalue weighted by Crippen LogP contribution is -2.57. The first-order valence-corrected chi connectivity index (χ1v) is 6.96. The Hall–Kier alpha value is -0.520. The molecule has 0 heterocycles. The highest BCUT2D eigenvalue weighted by Crippen LogP contribution is 2.22. The average Bonchev–Trinajstić information content (AvgIpc) is 2.29. The van der Waals surface area contributed by atoms with Crippen LogP contribution in [-0.2, 0) is 0 Å². The standard InChI is InChI=1S/C15H30N2/c1-7-11-12-13-14(16-8-2)15(5,6)17(9-3)10-4/h1,14,16H,8-13H2,2-6H3. The molecule has 0 aromatic heterocycles. The number of nitrogens with zero attached hydrogens (tertiary/aromatic N) is 1. The van der Waals surface area contributed by atoms with Crippen LogP contribution >= 0.6 is 0 Å². The van der Waals surface area contributed by atoms with Gasteiger partial charge in [-0.05, 0) is 46.3 Å². The molecule has 2 heteroatoms. The van der Waals surface area contributed by atoms with Crippen molar-refractivity contribution in [2.45, 2.75) is 65.5 Å². The molecule has 0 aromatic rings. The van der Waals surface area contributed by atoms with Crippen LogP contribution in [0.2, 0.25) is 0 Å². The normalized spacial score (nSPS) is 13.7. The van der Waals surface area contributed by atoms with Gasteiger partial charge in [-0.15, -0.1) is 12.3 Å². The molecule has 0 aliphatic rings. The summed E-state index contributed by atoms with van der Waals surface area (Å²) in [5.74, 6) is 2.73. The molecule has 17 heavy (non-hydrogen) atoms. The first-order chi connectivity index (χ1) is 8.04. The zero-order valence-corrected chi connectivity index (χ0v) is 12.3. The highest BCUT2D eigenvalue weighted by Gasteiger charge is 2.32. The molecule has 0 rings (SSSR count).